The van der Waals surface area contributed by atoms with E-state index in [9.17, 15) is 0 Å². The molecule has 2 aromatic heterocycles. The average molecular weight is 270 g/mol. The molecule has 2 heterocycles. The minimum atomic E-state index is 0.491. The molecule has 2 aromatic rings. The first-order valence-electron chi connectivity index (χ1n) is 6.87. The molecule has 0 fully saturated rings. The van der Waals surface area contributed by atoms with Crippen LogP contribution in [0.5, 0.6) is 0 Å². The maximum Gasteiger partial charge on any atom is 0.128 e. The van der Waals surface area contributed by atoms with Gasteiger partial charge in [-0.05, 0) is 35.2 Å². The van der Waals surface area contributed by atoms with Crippen molar-refractivity contribution in [2.75, 3.05) is 24.3 Å². The lowest BCUT2D eigenvalue weighted by Gasteiger charge is -2.13. The van der Waals surface area contributed by atoms with Gasteiger partial charge in [0.2, 0.25) is 0 Å². The highest BCUT2D eigenvalue weighted by atomic mass is 15.1. The van der Waals surface area contributed by atoms with E-state index in [4.69, 9.17) is 0 Å². The summed E-state index contributed by atoms with van der Waals surface area (Å²) in [4.78, 5) is 10.6. The van der Waals surface area contributed by atoms with E-state index in [0.717, 1.165) is 18.1 Å². The van der Waals surface area contributed by atoms with Crippen molar-refractivity contribution in [3.8, 4) is 0 Å². The third-order valence-electron chi connectivity index (χ3n) is 3.19. The molecule has 0 spiro atoms. The Hall–Kier alpha value is -2.10. The first-order valence-corrected chi connectivity index (χ1v) is 6.87. The predicted molar refractivity (Wildman–Crippen MR) is 84.2 cm³/mol. The fraction of sp³-hybridized carbons (Fsp3) is 0.375. The van der Waals surface area contributed by atoms with Crippen LogP contribution in [0.3, 0.4) is 0 Å². The molecule has 0 amide bonds. The number of rotatable bonds is 5. The summed E-state index contributed by atoms with van der Waals surface area (Å²) < 4.78 is 0. The monoisotopic (exact) mass is 270 g/mol. The van der Waals surface area contributed by atoms with Crippen LogP contribution in [0.1, 0.15) is 30.9 Å². The Bertz CT molecular complexity index is 512. The maximum absolute atomic E-state index is 4.32. The molecule has 2 rings (SSSR count). The van der Waals surface area contributed by atoms with Crippen molar-refractivity contribution in [1.82, 2.24) is 9.97 Å². The lowest BCUT2D eigenvalue weighted by atomic mass is 10.1. The van der Waals surface area contributed by atoms with Crippen molar-refractivity contribution in [2.24, 2.45) is 0 Å². The van der Waals surface area contributed by atoms with Crippen LogP contribution in [-0.4, -0.2) is 24.1 Å². The first-order chi connectivity index (χ1) is 9.56. The van der Waals surface area contributed by atoms with Gasteiger partial charge in [-0.15, -0.1) is 0 Å². The molecule has 106 valence electrons. The Labute approximate surface area is 120 Å². The molecule has 0 aliphatic carbocycles. The van der Waals surface area contributed by atoms with E-state index >= 15 is 0 Å². The molecule has 4 nitrogen and oxygen atoms in total. The third kappa shape index (κ3) is 3.70. The Morgan fingerprint density at radius 2 is 2.00 bits per heavy atom. The van der Waals surface area contributed by atoms with Crippen molar-refractivity contribution in [3.63, 3.8) is 0 Å². The molecule has 0 bridgehead atoms. The Kier molecular flexibility index (Phi) is 4.56. The summed E-state index contributed by atoms with van der Waals surface area (Å²) in [7, 11) is 3.99. The van der Waals surface area contributed by atoms with Crippen LogP contribution in [-0.2, 0) is 6.54 Å². The second-order valence-corrected chi connectivity index (χ2v) is 5.43. The zero-order valence-corrected chi connectivity index (χ0v) is 12.6. The van der Waals surface area contributed by atoms with Crippen molar-refractivity contribution in [2.45, 2.75) is 26.3 Å². The quantitative estimate of drug-likeness (QED) is 0.905. The molecular weight excluding hydrogens is 248 g/mol. The van der Waals surface area contributed by atoms with Gasteiger partial charge in [0.1, 0.15) is 5.82 Å². The van der Waals surface area contributed by atoms with E-state index in [-0.39, 0.29) is 0 Å². The standard InChI is InChI=1S/C16H22N4/c1-12(2)14-8-15(11-17-10-14)19-9-13-5-6-18-16(7-13)20(3)4/h5-8,10-12,19H,9H2,1-4H3. The van der Waals surface area contributed by atoms with E-state index < -0.39 is 0 Å². The van der Waals surface area contributed by atoms with Crippen LogP contribution in [0, 0.1) is 0 Å². The van der Waals surface area contributed by atoms with E-state index in [0.29, 0.717) is 5.92 Å². The van der Waals surface area contributed by atoms with Crippen LogP contribution in [0.15, 0.2) is 36.8 Å². The smallest absolute Gasteiger partial charge is 0.128 e. The van der Waals surface area contributed by atoms with Gasteiger partial charge in [-0.2, -0.15) is 0 Å². The average Bonchev–Trinajstić information content (AvgIpc) is 2.45. The number of hydrogen-bond acceptors (Lipinski definition) is 4. The molecular formula is C16H22N4. The number of anilines is 2. The van der Waals surface area contributed by atoms with Crippen molar-refractivity contribution in [3.05, 3.63) is 47.9 Å². The highest BCUT2D eigenvalue weighted by Crippen LogP contribution is 2.18. The van der Waals surface area contributed by atoms with Crippen LogP contribution in [0.4, 0.5) is 11.5 Å². The fourth-order valence-electron chi connectivity index (χ4n) is 1.89. The molecule has 0 saturated heterocycles. The minimum absolute atomic E-state index is 0.491. The van der Waals surface area contributed by atoms with Crippen LogP contribution in [0.25, 0.3) is 0 Å². The van der Waals surface area contributed by atoms with E-state index in [1.165, 1.54) is 11.1 Å². The number of aromatic nitrogens is 2. The lowest BCUT2D eigenvalue weighted by Crippen LogP contribution is -2.11. The van der Waals surface area contributed by atoms with Gasteiger partial charge >= 0.3 is 0 Å². The highest BCUT2D eigenvalue weighted by Gasteiger charge is 2.02. The summed E-state index contributed by atoms with van der Waals surface area (Å²) in [5, 5.41) is 3.41. The highest BCUT2D eigenvalue weighted by molar-refractivity contribution is 5.45. The largest absolute Gasteiger partial charge is 0.380 e. The summed E-state index contributed by atoms with van der Waals surface area (Å²) in [5.74, 6) is 1.46. The lowest BCUT2D eigenvalue weighted by molar-refractivity contribution is 0.858. The van der Waals surface area contributed by atoms with Gasteiger partial charge in [-0.1, -0.05) is 13.8 Å². The summed E-state index contributed by atoms with van der Waals surface area (Å²) >= 11 is 0. The molecule has 0 unspecified atom stereocenters. The van der Waals surface area contributed by atoms with Crippen molar-refractivity contribution < 1.29 is 0 Å². The van der Waals surface area contributed by atoms with Crippen LogP contribution >= 0.6 is 0 Å². The summed E-state index contributed by atoms with van der Waals surface area (Å²) in [6.07, 6.45) is 5.63. The zero-order chi connectivity index (χ0) is 14.5. The van der Waals surface area contributed by atoms with Gasteiger partial charge in [-0.25, -0.2) is 4.98 Å². The molecule has 0 saturated carbocycles. The molecule has 0 aromatic carbocycles. The van der Waals surface area contributed by atoms with Gasteiger partial charge < -0.3 is 10.2 Å². The predicted octanol–water partition coefficient (Wildman–Crippen LogP) is 3.28. The fourth-order valence-corrected chi connectivity index (χ4v) is 1.89. The number of nitrogens with zero attached hydrogens (tertiary/aromatic N) is 3. The number of nitrogens with one attached hydrogen (secondary N) is 1. The molecule has 20 heavy (non-hydrogen) atoms. The topological polar surface area (TPSA) is 41.1 Å². The summed E-state index contributed by atoms with van der Waals surface area (Å²) in [6, 6.07) is 6.28. The maximum atomic E-state index is 4.32. The summed E-state index contributed by atoms with van der Waals surface area (Å²) in [5.41, 5.74) is 3.51. The molecule has 0 aliphatic heterocycles. The van der Waals surface area contributed by atoms with Crippen molar-refractivity contribution >= 4 is 11.5 Å². The number of pyridine rings is 2. The SMILES string of the molecule is CC(C)c1cncc(NCc2ccnc(N(C)C)c2)c1. The Morgan fingerprint density at radius 3 is 2.70 bits per heavy atom. The molecule has 0 radical (unpaired) electrons. The van der Waals surface area contributed by atoms with Crippen LogP contribution in [0.2, 0.25) is 0 Å². The van der Waals surface area contributed by atoms with E-state index in [1.54, 1.807) is 0 Å². The first kappa shape index (κ1) is 14.3. The van der Waals surface area contributed by atoms with Crippen molar-refractivity contribution in [1.29, 1.82) is 0 Å². The second-order valence-electron chi connectivity index (χ2n) is 5.43. The third-order valence-corrected chi connectivity index (χ3v) is 3.19. The van der Waals surface area contributed by atoms with Gasteiger partial charge in [0.25, 0.3) is 0 Å². The van der Waals surface area contributed by atoms with Crippen LogP contribution < -0.4 is 10.2 Å². The van der Waals surface area contributed by atoms with Gasteiger partial charge in [-0.3, -0.25) is 4.98 Å². The summed E-state index contributed by atoms with van der Waals surface area (Å²) in [6.45, 7) is 5.12. The Balaban J connectivity index is 2.05. The minimum Gasteiger partial charge on any atom is -0.380 e. The van der Waals surface area contributed by atoms with Gasteiger partial charge in [0, 0.05) is 39.2 Å². The Morgan fingerprint density at radius 1 is 1.20 bits per heavy atom. The molecule has 0 aliphatic rings. The zero-order valence-electron chi connectivity index (χ0n) is 12.6. The molecule has 4 heteroatoms. The molecule has 1 N–H and O–H groups in total. The normalized spacial score (nSPS) is 10.7. The molecule has 0 atom stereocenters. The van der Waals surface area contributed by atoms with E-state index in [1.807, 2.05) is 43.7 Å². The van der Waals surface area contributed by atoms with E-state index in [2.05, 4.69) is 41.3 Å². The second kappa shape index (κ2) is 6.37. The number of hydrogen-bond donors (Lipinski definition) is 1. The van der Waals surface area contributed by atoms with Gasteiger partial charge in [0.15, 0.2) is 0 Å². The van der Waals surface area contributed by atoms with Gasteiger partial charge in [0.05, 0.1) is 5.69 Å².